The second-order valence-electron chi connectivity index (χ2n) is 2.43. The molecule has 6 heteroatoms. The van der Waals surface area contributed by atoms with Crippen LogP contribution in [0.3, 0.4) is 0 Å². The Kier molecular flexibility index (Phi) is 3.36. The smallest absolute Gasteiger partial charge is 0.406 e. The minimum atomic E-state index is -4.79. The van der Waals surface area contributed by atoms with Gasteiger partial charge in [0.1, 0.15) is 11.6 Å². The van der Waals surface area contributed by atoms with Crippen LogP contribution in [-0.4, -0.2) is 6.36 Å². The molecule has 0 aliphatic heterocycles. The number of alkyl halides is 4. The zero-order valence-electron chi connectivity index (χ0n) is 6.74. The second-order valence-corrected chi connectivity index (χ2v) is 3.00. The molecule has 0 saturated carbocycles. The molecule has 0 bridgehead atoms. The first-order valence-electron chi connectivity index (χ1n) is 3.52. The molecular weight excluding hydrogens is 268 g/mol. The van der Waals surface area contributed by atoms with Gasteiger partial charge in [0.25, 0.3) is 0 Å². The van der Waals surface area contributed by atoms with E-state index in [1.807, 2.05) is 0 Å². The fourth-order valence-corrected chi connectivity index (χ4v) is 1.29. The normalized spacial score (nSPS) is 11.5. The Bertz CT molecular complexity index is 324. The van der Waals surface area contributed by atoms with Crippen LogP contribution in [0, 0.1) is 5.82 Å². The van der Waals surface area contributed by atoms with E-state index in [4.69, 9.17) is 0 Å². The highest BCUT2D eigenvalue weighted by molar-refractivity contribution is 9.08. The Hall–Kier alpha value is -0.780. The molecule has 0 aliphatic carbocycles. The first kappa shape index (κ1) is 11.3. The van der Waals surface area contributed by atoms with Gasteiger partial charge in [0, 0.05) is 11.4 Å². The molecule has 0 spiro atoms. The van der Waals surface area contributed by atoms with Gasteiger partial charge >= 0.3 is 6.36 Å². The minimum Gasteiger partial charge on any atom is -0.406 e. The Labute approximate surface area is 85.8 Å². The van der Waals surface area contributed by atoms with E-state index in [-0.39, 0.29) is 10.9 Å². The average Bonchev–Trinajstić information content (AvgIpc) is 2.01. The van der Waals surface area contributed by atoms with E-state index in [1.165, 1.54) is 6.07 Å². The highest BCUT2D eigenvalue weighted by Gasteiger charge is 2.31. The van der Waals surface area contributed by atoms with E-state index in [1.54, 1.807) is 0 Å². The molecule has 0 radical (unpaired) electrons. The lowest BCUT2D eigenvalue weighted by Gasteiger charge is -2.09. The van der Waals surface area contributed by atoms with Gasteiger partial charge in [-0.1, -0.05) is 22.0 Å². The van der Waals surface area contributed by atoms with Gasteiger partial charge in [-0.15, -0.1) is 13.2 Å². The highest BCUT2D eigenvalue weighted by Crippen LogP contribution is 2.25. The molecule has 0 atom stereocenters. The maximum atomic E-state index is 12.9. The predicted molar refractivity (Wildman–Crippen MR) is 45.7 cm³/mol. The molecule has 0 fully saturated rings. The Morgan fingerprint density at radius 1 is 1.29 bits per heavy atom. The molecule has 1 aromatic rings. The van der Waals surface area contributed by atoms with Gasteiger partial charge in [-0.2, -0.15) is 0 Å². The van der Waals surface area contributed by atoms with E-state index in [2.05, 4.69) is 20.7 Å². The third kappa shape index (κ3) is 3.17. The van der Waals surface area contributed by atoms with Crippen molar-refractivity contribution >= 4 is 15.9 Å². The summed E-state index contributed by atoms with van der Waals surface area (Å²) in [5.41, 5.74) is 0.277. The first-order valence-corrected chi connectivity index (χ1v) is 4.64. The third-order valence-corrected chi connectivity index (χ3v) is 2.01. The van der Waals surface area contributed by atoms with Crippen LogP contribution in [0.1, 0.15) is 5.56 Å². The summed E-state index contributed by atoms with van der Waals surface area (Å²) in [7, 11) is 0. The monoisotopic (exact) mass is 272 g/mol. The molecule has 14 heavy (non-hydrogen) atoms. The van der Waals surface area contributed by atoms with Crippen LogP contribution in [0.15, 0.2) is 18.2 Å². The summed E-state index contributed by atoms with van der Waals surface area (Å²) in [6.45, 7) is 0. The van der Waals surface area contributed by atoms with Gasteiger partial charge in [-0.25, -0.2) is 4.39 Å². The Morgan fingerprint density at radius 3 is 2.36 bits per heavy atom. The second kappa shape index (κ2) is 4.16. The lowest BCUT2D eigenvalue weighted by molar-refractivity contribution is -0.274. The summed E-state index contributed by atoms with van der Waals surface area (Å²) in [5.74, 6) is -1.29. The highest BCUT2D eigenvalue weighted by atomic mass is 79.9. The van der Waals surface area contributed by atoms with Crippen molar-refractivity contribution in [3.05, 3.63) is 29.6 Å². The van der Waals surface area contributed by atoms with Gasteiger partial charge in [0.05, 0.1) is 0 Å². The zero-order valence-corrected chi connectivity index (χ0v) is 8.32. The summed E-state index contributed by atoms with van der Waals surface area (Å²) in [6, 6.07) is 2.99. The Morgan fingerprint density at radius 2 is 1.93 bits per heavy atom. The maximum Gasteiger partial charge on any atom is 0.573 e. The number of halogens is 5. The summed E-state index contributed by atoms with van der Waals surface area (Å²) in [5, 5.41) is 0.241. The van der Waals surface area contributed by atoms with E-state index >= 15 is 0 Å². The van der Waals surface area contributed by atoms with Gasteiger partial charge in [0.15, 0.2) is 0 Å². The van der Waals surface area contributed by atoms with Crippen molar-refractivity contribution in [2.24, 2.45) is 0 Å². The summed E-state index contributed by atoms with van der Waals surface area (Å²) < 4.78 is 51.6. The van der Waals surface area contributed by atoms with Crippen LogP contribution in [0.5, 0.6) is 5.75 Å². The number of benzene rings is 1. The van der Waals surface area contributed by atoms with Crippen molar-refractivity contribution in [1.29, 1.82) is 0 Å². The van der Waals surface area contributed by atoms with Crippen LogP contribution < -0.4 is 4.74 Å². The molecular formula is C8H5BrF4O. The molecule has 1 rings (SSSR count). The fourth-order valence-electron chi connectivity index (χ4n) is 0.834. The van der Waals surface area contributed by atoms with Crippen molar-refractivity contribution in [3.63, 3.8) is 0 Å². The van der Waals surface area contributed by atoms with Crippen molar-refractivity contribution < 1.29 is 22.3 Å². The van der Waals surface area contributed by atoms with Gasteiger partial charge in [0.2, 0.25) is 0 Å². The van der Waals surface area contributed by atoms with Crippen LogP contribution in [-0.2, 0) is 5.33 Å². The third-order valence-electron chi connectivity index (χ3n) is 1.40. The lowest BCUT2D eigenvalue weighted by Crippen LogP contribution is -2.17. The number of hydrogen-bond acceptors (Lipinski definition) is 1. The van der Waals surface area contributed by atoms with E-state index in [9.17, 15) is 17.6 Å². The molecule has 0 heterocycles. The van der Waals surface area contributed by atoms with Crippen LogP contribution in [0.25, 0.3) is 0 Å². The molecule has 0 amide bonds. The molecule has 0 N–H and O–H groups in total. The predicted octanol–water partition coefficient (Wildman–Crippen LogP) is 3.62. The van der Waals surface area contributed by atoms with Gasteiger partial charge in [-0.3, -0.25) is 0 Å². The van der Waals surface area contributed by atoms with Crippen molar-refractivity contribution in [3.8, 4) is 5.75 Å². The minimum absolute atomic E-state index is 0.241. The number of hydrogen-bond donors (Lipinski definition) is 0. The number of rotatable bonds is 2. The molecule has 0 aliphatic rings. The summed E-state index contributed by atoms with van der Waals surface area (Å²) >= 11 is 2.99. The Balaban J connectivity index is 2.87. The molecule has 1 aromatic carbocycles. The van der Waals surface area contributed by atoms with Gasteiger partial charge in [-0.05, 0) is 11.6 Å². The SMILES string of the molecule is Fc1cc(OC(F)(F)F)ccc1CBr. The number of ether oxygens (including phenoxy) is 1. The van der Waals surface area contributed by atoms with E-state index in [0.717, 1.165) is 6.07 Å². The quantitative estimate of drug-likeness (QED) is 0.590. The fraction of sp³-hybridized carbons (Fsp3) is 0.250. The van der Waals surface area contributed by atoms with Crippen molar-refractivity contribution in [2.45, 2.75) is 11.7 Å². The molecule has 0 saturated heterocycles. The molecule has 0 aromatic heterocycles. The van der Waals surface area contributed by atoms with Crippen molar-refractivity contribution in [1.82, 2.24) is 0 Å². The van der Waals surface area contributed by atoms with E-state index < -0.39 is 17.9 Å². The van der Waals surface area contributed by atoms with Gasteiger partial charge < -0.3 is 4.74 Å². The summed E-state index contributed by atoms with van der Waals surface area (Å²) in [6.07, 6.45) is -4.79. The zero-order chi connectivity index (χ0) is 10.8. The largest absolute Gasteiger partial charge is 0.573 e. The molecule has 78 valence electrons. The molecule has 0 unspecified atom stereocenters. The van der Waals surface area contributed by atoms with E-state index in [0.29, 0.717) is 6.07 Å². The average molecular weight is 273 g/mol. The topological polar surface area (TPSA) is 9.23 Å². The standard InChI is InChI=1S/C8H5BrF4O/c9-4-5-1-2-6(3-7(5)10)14-8(11,12)13/h1-3H,4H2. The molecule has 1 nitrogen and oxygen atoms in total. The van der Waals surface area contributed by atoms with Crippen molar-refractivity contribution in [2.75, 3.05) is 0 Å². The summed E-state index contributed by atoms with van der Waals surface area (Å²) in [4.78, 5) is 0. The lowest BCUT2D eigenvalue weighted by atomic mass is 10.2. The van der Waals surface area contributed by atoms with Crippen LogP contribution in [0.2, 0.25) is 0 Å². The first-order chi connectivity index (χ1) is 6.42. The maximum absolute atomic E-state index is 12.9. The van der Waals surface area contributed by atoms with Crippen LogP contribution in [0.4, 0.5) is 17.6 Å². The van der Waals surface area contributed by atoms with Crippen LogP contribution >= 0.6 is 15.9 Å².